The summed E-state index contributed by atoms with van der Waals surface area (Å²) in [7, 11) is 0. The van der Waals surface area contributed by atoms with Gasteiger partial charge in [0, 0.05) is 17.5 Å². The Bertz CT molecular complexity index is 948. The molecule has 0 aliphatic rings. The molecule has 0 amide bonds. The third kappa shape index (κ3) is 5.70. The van der Waals surface area contributed by atoms with Crippen LogP contribution in [0.2, 0.25) is 0 Å². The van der Waals surface area contributed by atoms with Crippen LogP contribution in [0, 0.1) is 6.92 Å². The van der Waals surface area contributed by atoms with Crippen LogP contribution < -0.4 is 10.6 Å². The maximum atomic E-state index is 5.82. The highest BCUT2D eigenvalue weighted by Gasteiger charge is 2.19. The minimum atomic E-state index is -0.0635. The van der Waals surface area contributed by atoms with Crippen molar-refractivity contribution in [2.45, 2.75) is 53.1 Å². The molecule has 2 N–H and O–H groups in total. The van der Waals surface area contributed by atoms with Crippen molar-refractivity contribution >= 4 is 5.96 Å². The molecule has 0 fully saturated rings. The largest absolute Gasteiger partial charge is 0.444 e. The summed E-state index contributed by atoms with van der Waals surface area (Å²) < 4.78 is 11.4. The van der Waals surface area contributed by atoms with E-state index < -0.39 is 0 Å². The summed E-state index contributed by atoms with van der Waals surface area (Å²) in [4.78, 5) is 13.4. The summed E-state index contributed by atoms with van der Waals surface area (Å²) in [5.41, 5.74) is 2.86. The molecular formula is C22H29N5O2. The van der Waals surface area contributed by atoms with Gasteiger partial charge in [-0.1, -0.05) is 38.5 Å². The van der Waals surface area contributed by atoms with Crippen molar-refractivity contribution in [2.75, 3.05) is 6.54 Å². The molecule has 29 heavy (non-hydrogen) atoms. The van der Waals surface area contributed by atoms with Crippen LogP contribution in [0.25, 0.3) is 11.5 Å². The van der Waals surface area contributed by atoms with Crippen LogP contribution in [0.3, 0.4) is 0 Å². The molecule has 3 aromatic rings. The fourth-order valence-electron chi connectivity index (χ4n) is 2.61. The second-order valence-electron chi connectivity index (χ2n) is 7.93. The number of aromatic nitrogens is 2. The number of aryl methyl sites for hydroxylation is 1. The second-order valence-corrected chi connectivity index (χ2v) is 7.93. The van der Waals surface area contributed by atoms with Gasteiger partial charge in [-0.2, -0.15) is 0 Å². The second kappa shape index (κ2) is 8.94. The highest BCUT2D eigenvalue weighted by molar-refractivity contribution is 5.79. The van der Waals surface area contributed by atoms with Crippen molar-refractivity contribution in [1.29, 1.82) is 0 Å². The Balaban J connectivity index is 1.62. The zero-order valence-electron chi connectivity index (χ0n) is 17.7. The van der Waals surface area contributed by atoms with Gasteiger partial charge in [-0.15, -0.1) is 0 Å². The van der Waals surface area contributed by atoms with Gasteiger partial charge in [0.15, 0.2) is 5.96 Å². The first-order valence-corrected chi connectivity index (χ1v) is 9.84. The average molecular weight is 396 g/mol. The monoisotopic (exact) mass is 395 g/mol. The third-order valence-electron chi connectivity index (χ3n) is 4.29. The van der Waals surface area contributed by atoms with Crippen LogP contribution in [-0.2, 0) is 18.5 Å². The van der Waals surface area contributed by atoms with Crippen LogP contribution in [0.4, 0.5) is 0 Å². The lowest BCUT2D eigenvalue weighted by Crippen LogP contribution is -2.36. The Kier molecular flexibility index (Phi) is 6.36. The maximum absolute atomic E-state index is 5.82. The lowest BCUT2D eigenvalue weighted by molar-refractivity contribution is 0.379. The Morgan fingerprint density at radius 2 is 1.90 bits per heavy atom. The van der Waals surface area contributed by atoms with Gasteiger partial charge in [0.25, 0.3) is 0 Å². The van der Waals surface area contributed by atoms with Crippen LogP contribution in [0.15, 0.2) is 50.6 Å². The van der Waals surface area contributed by atoms with Gasteiger partial charge in [-0.25, -0.2) is 15.0 Å². The maximum Gasteiger partial charge on any atom is 0.226 e. The molecule has 0 atom stereocenters. The molecule has 0 aliphatic heterocycles. The molecule has 7 nitrogen and oxygen atoms in total. The predicted molar refractivity (Wildman–Crippen MR) is 114 cm³/mol. The lowest BCUT2D eigenvalue weighted by Gasteiger charge is -2.13. The quantitative estimate of drug-likeness (QED) is 0.481. The molecule has 0 radical (unpaired) electrons. The first-order chi connectivity index (χ1) is 13.8. The number of nitrogens with one attached hydrogen (secondary N) is 2. The molecule has 0 saturated heterocycles. The van der Waals surface area contributed by atoms with Crippen molar-refractivity contribution in [3.05, 3.63) is 59.6 Å². The summed E-state index contributed by atoms with van der Waals surface area (Å²) in [6, 6.07) is 8.08. The molecule has 0 spiro atoms. The van der Waals surface area contributed by atoms with Crippen molar-refractivity contribution in [3.8, 4) is 11.5 Å². The van der Waals surface area contributed by atoms with Gasteiger partial charge in [0.1, 0.15) is 17.7 Å². The molecule has 154 valence electrons. The Morgan fingerprint density at radius 3 is 2.55 bits per heavy atom. The van der Waals surface area contributed by atoms with Crippen molar-refractivity contribution < 1.29 is 8.83 Å². The first-order valence-electron chi connectivity index (χ1n) is 9.84. The van der Waals surface area contributed by atoms with Gasteiger partial charge in [0.05, 0.1) is 19.3 Å². The average Bonchev–Trinajstić information content (AvgIpc) is 3.34. The van der Waals surface area contributed by atoms with Gasteiger partial charge in [-0.3, -0.25) is 0 Å². The molecule has 3 rings (SSSR count). The first kappa shape index (κ1) is 20.6. The number of guanidine groups is 1. The fraction of sp³-hybridized carbons (Fsp3) is 0.409. The highest BCUT2D eigenvalue weighted by atomic mass is 16.4. The zero-order valence-corrected chi connectivity index (χ0v) is 17.7. The van der Waals surface area contributed by atoms with E-state index in [1.165, 1.54) is 5.56 Å². The number of nitrogens with zero attached hydrogens (tertiary/aromatic N) is 3. The summed E-state index contributed by atoms with van der Waals surface area (Å²) in [6.45, 7) is 12.0. The van der Waals surface area contributed by atoms with E-state index in [4.69, 9.17) is 8.83 Å². The van der Waals surface area contributed by atoms with Gasteiger partial charge in [0.2, 0.25) is 11.8 Å². The van der Waals surface area contributed by atoms with Crippen LogP contribution in [0.5, 0.6) is 0 Å². The minimum absolute atomic E-state index is 0.0635. The van der Waals surface area contributed by atoms with E-state index in [0.717, 1.165) is 23.6 Å². The molecule has 0 bridgehead atoms. The Hall–Kier alpha value is -3.09. The molecule has 0 saturated carbocycles. The molecule has 0 aliphatic carbocycles. The number of rotatable bonds is 6. The standard InChI is InChI=1S/C22H29N5O2/c1-6-23-21(26-13-19-24-12-18(29-19)22(3,4)5)25-11-17-14-28-20(27-17)16-9-7-15(2)8-10-16/h7-10,12,14H,6,11,13H2,1-5H3,(H2,23,25,26). The molecular weight excluding hydrogens is 366 g/mol. The van der Waals surface area contributed by atoms with Crippen LogP contribution in [-0.4, -0.2) is 22.5 Å². The number of hydrogen-bond acceptors (Lipinski definition) is 5. The summed E-state index contributed by atoms with van der Waals surface area (Å²) in [6.07, 6.45) is 3.43. The fourth-order valence-corrected chi connectivity index (χ4v) is 2.61. The van der Waals surface area contributed by atoms with E-state index >= 15 is 0 Å². The van der Waals surface area contributed by atoms with E-state index in [1.54, 1.807) is 12.5 Å². The Morgan fingerprint density at radius 1 is 1.14 bits per heavy atom. The van der Waals surface area contributed by atoms with Crippen molar-refractivity contribution in [1.82, 2.24) is 20.6 Å². The Labute approximate surface area is 171 Å². The van der Waals surface area contributed by atoms with Gasteiger partial charge < -0.3 is 19.5 Å². The van der Waals surface area contributed by atoms with Gasteiger partial charge in [-0.05, 0) is 26.0 Å². The van der Waals surface area contributed by atoms with Crippen molar-refractivity contribution in [2.24, 2.45) is 4.99 Å². The minimum Gasteiger partial charge on any atom is -0.444 e. The predicted octanol–water partition coefficient (Wildman–Crippen LogP) is 4.19. The van der Waals surface area contributed by atoms with Crippen molar-refractivity contribution in [3.63, 3.8) is 0 Å². The lowest BCUT2D eigenvalue weighted by atomic mass is 9.94. The van der Waals surface area contributed by atoms with Crippen LogP contribution in [0.1, 0.15) is 50.6 Å². The molecule has 7 heteroatoms. The highest BCUT2D eigenvalue weighted by Crippen LogP contribution is 2.22. The smallest absolute Gasteiger partial charge is 0.226 e. The van der Waals surface area contributed by atoms with E-state index in [9.17, 15) is 0 Å². The summed E-state index contributed by atoms with van der Waals surface area (Å²) in [5, 5.41) is 6.46. The molecule has 0 unspecified atom stereocenters. The normalized spacial score (nSPS) is 12.2. The number of hydrogen-bond donors (Lipinski definition) is 2. The number of benzene rings is 1. The molecule has 1 aromatic carbocycles. The van der Waals surface area contributed by atoms with E-state index in [0.29, 0.717) is 30.8 Å². The third-order valence-corrected chi connectivity index (χ3v) is 4.29. The molecule has 2 heterocycles. The SMILES string of the molecule is CCNC(=NCc1coc(-c2ccc(C)cc2)n1)NCc1ncc(C(C)(C)C)o1. The van der Waals surface area contributed by atoms with E-state index in [1.807, 2.05) is 31.2 Å². The summed E-state index contributed by atoms with van der Waals surface area (Å²) >= 11 is 0. The van der Waals surface area contributed by atoms with Gasteiger partial charge >= 0.3 is 0 Å². The van der Waals surface area contributed by atoms with E-state index in [2.05, 4.69) is 53.3 Å². The summed E-state index contributed by atoms with van der Waals surface area (Å²) in [5.74, 6) is 2.76. The van der Waals surface area contributed by atoms with E-state index in [-0.39, 0.29) is 5.41 Å². The topological polar surface area (TPSA) is 88.5 Å². The number of oxazole rings is 2. The number of aliphatic imine (C=N–C) groups is 1. The zero-order chi connectivity index (χ0) is 20.9. The van der Waals surface area contributed by atoms with Crippen LogP contribution >= 0.6 is 0 Å². The molecule has 2 aromatic heterocycles.